The number of hydrogen-bond acceptors (Lipinski definition) is 4. The van der Waals surface area contributed by atoms with Crippen LogP contribution in [0.2, 0.25) is 0 Å². The Bertz CT molecular complexity index is 788. The van der Waals surface area contributed by atoms with Crippen LogP contribution in [0.4, 0.5) is 11.4 Å². The number of carbonyl (C=O) groups excluding carboxylic acids is 2. The van der Waals surface area contributed by atoms with Crippen LogP contribution in [0.25, 0.3) is 0 Å². The first kappa shape index (κ1) is 21.5. The van der Waals surface area contributed by atoms with Gasteiger partial charge in [-0.3, -0.25) is 9.59 Å². The summed E-state index contributed by atoms with van der Waals surface area (Å²) in [5, 5.41) is 6.23. The summed E-state index contributed by atoms with van der Waals surface area (Å²) < 4.78 is 5.33. The third kappa shape index (κ3) is 6.72. The fourth-order valence-electron chi connectivity index (χ4n) is 2.28. The van der Waals surface area contributed by atoms with Gasteiger partial charge in [0, 0.05) is 23.8 Å². The number of amides is 1. The van der Waals surface area contributed by atoms with Gasteiger partial charge in [-0.15, -0.1) is 0 Å². The zero-order chi connectivity index (χ0) is 20.7. The smallest absolute Gasteiger partial charge is 0.311 e. The van der Waals surface area contributed by atoms with Crippen LogP contribution in [0.1, 0.15) is 45.7 Å². The summed E-state index contributed by atoms with van der Waals surface area (Å²) in [7, 11) is 0. The van der Waals surface area contributed by atoms with Crippen LogP contribution in [-0.4, -0.2) is 11.9 Å². The average molecular weight is 383 g/mol. The molecule has 0 radical (unpaired) electrons. The fourth-order valence-corrected chi connectivity index (χ4v) is 2.28. The minimum atomic E-state index is -0.489. The fraction of sp³-hybridized carbons (Fsp3) is 0.391. The van der Waals surface area contributed by atoms with Gasteiger partial charge in [-0.2, -0.15) is 0 Å². The standard InChI is InChI=1S/C23H30N2O3/c1-16(2)21(26)25-20-12-10-19(11-13-20)24-14-17-6-8-18(9-7-17)15-28-22(27)23(3,4)5/h6-13,16,24H,14-15H2,1-5H3,(H,25,26). The Hall–Kier alpha value is -2.82. The van der Waals surface area contributed by atoms with Crippen LogP contribution in [-0.2, 0) is 27.5 Å². The summed E-state index contributed by atoms with van der Waals surface area (Å²) >= 11 is 0. The predicted molar refractivity (Wildman–Crippen MR) is 113 cm³/mol. The Balaban J connectivity index is 1.83. The first-order valence-electron chi connectivity index (χ1n) is 9.55. The van der Waals surface area contributed by atoms with Crippen LogP contribution in [0.3, 0.4) is 0 Å². The summed E-state index contributed by atoms with van der Waals surface area (Å²) in [6.07, 6.45) is 0. The molecule has 2 N–H and O–H groups in total. The maximum atomic E-state index is 11.8. The van der Waals surface area contributed by atoms with E-state index in [0.29, 0.717) is 6.54 Å². The van der Waals surface area contributed by atoms with Crippen molar-refractivity contribution in [2.75, 3.05) is 10.6 Å². The molecule has 5 heteroatoms. The highest BCUT2D eigenvalue weighted by molar-refractivity contribution is 5.92. The SMILES string of the molecule is CC(C)C(=O)Nc1ccc(NCc2ccc(COC(=O)C(C)(C)C)cc2)cc1. The molecule has 28 heavy (non-hydrogen) atoms. The summed E-state index contributed by atoms with van der Waals surface area (Å²) in [5.74, 6) is -0.238. The van der Waals surface area contributed by atoms with Gasteiger partial charge in [0.1, 0.15) is 6.61 Å². The molecule has 0 saturated heterocycles. The van der Waals surface area contributed by atoms with E-state index in [4.69, 9.17) is 4.74 Å². The lowest BCUT2D eigenvalue weighted by atomic mass is 9.97. The zero-order valence-electron chi connectivity index (χ0n) is 17.3. The normalized spacial score (nSPS) is 11.2. The van der Waals surface area contributed by atoms with E-state index < -0.39 is 5.41 Å². The molecule has 2 rings (SSSR count). The highest BCUT2D eigenvalue weighted by Gasteiger charge is 2.22. The molecule has 1 amide bonds. The van der Waals surface area contributed by atoms with Gasteiger partial charge >= 0.3 is 5.97 Å². The Morgan fingerprint density at radius 2 is 1.43 bits per heavy atom. The second-order valence-corrected chi connectivity index (χ2v) is 8.22. The maximum absolute atomic E-state index is 11.8. The van der Waals surface area contributed by atoms with Gasteiger partial charge in [0.2, 0.25) is 5.91 Å². The number of benzene rings is 2. The molecule has 0 atom stereocenters. The van der Waals surface area contributed by atoms with E-state index in [1.807, 2.05) is 83.1 Å². The van der Waals surface area contributed by atoms with E-state index in [-0.39, 0.29) is 24.4 Å². The molecule has 0 aliphatic rings. The van der Waals surface area contributed by atoms with E-state index in [2.05, 4.69) is 10.6 Å². The summed E-state index contributed by atoms with van der Waals surface area (Å²) in [6, 6.07) is 15.6. The van der Waals surface area contributed by atoms with Crippen LogP contribution in [0, 0.1) is 11.3 Å². The van der Waals surface area contributed by atoms with Crippen molar-refractivity contribution in [1.82, 2.24) is 0 Å². The van der Waals surface area contributed by atoms with Crippen molar-refractivity contribution in [3.05, 3.63) is 59.7 Å². The third-order valence-corrected chi connectivity index (χ3v) is 4.18. The Labute approximate surface area is 167 Å². The first-order valence-corrected chi connectivity index (χ1v) is 9.55. The predicted octanol–water partition coefficient (Wildman–Crippen LogP) is 4.98. The van der Waals surface area contributed by atoms with Crippen LogP contribution < -0.4 is 10.6 Å². The molecule has 0 spiro atoms. The second-order valence-electron chi connectivity index (χ2n) is 8.22. The Morgan fingerprint density at radius 1 is 0.893 bits per heavy atom. The third-order valence-electron chi connectivity index (χ3n) is 4.18. The minimum Gasteiger partial charge on any atom is -0.460 e. The van der Waals surface area contributed by atoms with Crippen molar-refractivity contribution in [1.29, 1.82) is 0 Å². The van der Waals surface area contributed by atoms with Crippen LogP contribution in [0.15, 0.2) is 48.5 Å². The van der Waals surface area contributed by atoms with Crippen molar-refractivity contribution in [2.24, 2.45) is 11.3 Å². The molecule has 0 heterocycles. The van der Waals surface area contributed by atoms with Gasteiger partial charge in [-0.1, -0.05) is 38.1 Å². The lowest BCUT2D eigenvalue weighted by Gasteiger charge is -2.16. The molecule has 2 aromatic carbocycles. The van der Waals surface area contributed by atoms with Crippen molar-refractivity contribution in [3.8, 4) is 0 Å². The first-order chi connectivity index (χ1) is 13.1. The molecule has 0 saturated carbocycles. The quantitative estimate of drug-likeness (QED) is 0.663. The zero-order valence-corrected chi connectivity index (χ0v) is 17.3. The number of carbonyl (C=O) groups is 2. The van der Waals surface area contributed by atoms with Gasteiger partial charge < -0.3 is 15.4 Å². The van der Waals surface area contributed by atoms with E-state index in [0.717, 1.165) is 22.5 Å². The molecular formula is C23H30N2O3. The highest BCUT2D eigenvalue weighted by atomic mass is 16.5. The van der Waals surface area contributed by atoms with Crippen molar-refractivity contribution in [3.63, 3.8) is 0 Å². The monoisotopic (exact) mass is 382 g/mol. The molecule has 0 aliphatic heterocycles. The molecule has 0 fully saturated rings. The van der Waals surface area contributed by atoms with Gasteiger partial charge in [-0.25, -0.2) is 0 Å². The molecule has 2 aromatic rings. The number of anilines is 2. The van der Waals surface area contributed by atoms with E-state index in [9.17, 15) is 9.59 Å². The minimum absolute atomic E-state index is 0.00831. The number of esters is 1. The molecule has 0 aromatic heterocycles. The Kier molecular flexibility index (Phi) is 7.21. The highest BCUT2D eigenvalue weighted by Crippen LogP contribution is 2.18. The van der Waals surface area contributed by atoms with Gasteiger partial charge in [0.05, 0.1) is 5.41 Å². The lowest BCUT2D eigenvalue weighted by molar-refractivity contribution is -0.154. The van der Waals surface area contributed by atoms with E-state index in [1.54, 1.807) is 0 Å². The van der Waals surface area contributed by atoms with Crippen LogP contribution in [0.5, 0.6) is 0 Å². The van der Waals surface area contributed by atoms with E-state index >= 15 is 0 Å². The molecule has 5 nitrogen and oxygen atoms in total. The number of hydrogen-bond donors (Lipinski definition) is 2. The molecule has 0 aliphatic carbocycles. The van der Waals surface area contributed by atoms with Gasteiger partial charge in [0.15, 0.2) is 0 Å². The lowest BCUT2D eigenvalue weighted by Crippen LogP contribution is -2.22. The van der Waals surface area contributed by atoms with E-state index in [1.165, 1.54) is 0 Å². The average Bonchev–Trinajstić information content (AvgIpc) is 2.65. The molecule has 0 unspecified atom stereocenters. The Morgan fingerprint density at radius 3 is 1.96 bits per heavy atom. The summed E-state index contributed by atoms with van der Waals surface area (Å²) in [6.45, 7) is 10.2. The van der Waals surface area contributed by atoms with Gasteiger partial charge in [0.25, 0.3) is 0 Å². The van der Waals surface area contributed by atoms with Crippen molar-refractivity contribution < 1.29 is 14.3 Å². The maximum Gasteiger partial charge on any atom is 0.311 e. The number of ether oxygens (including phenoxy) is 1. The second kappa shape index (κ2) is 9.40. The summed E-state index contributed by atoms with van der Waals surface area (Å²) in [5.41, 5.74) is 3.37. The van der Waals surface area contributed by atoms with Crippen LogP contribution >= 0.6 is 0 Å². The molecule has 150 valence electrons. The summed E-state index contributed by atoms with van der Waals surface area (Å²) in [4.78, 5) is 23.5. The molecule has 0 bridgehead atoms. The van der Waals surface area contributed by atoms with Crippen molar-refractivity contribution >= 4 is 23.3 Å². The number of rotatable bonds is 7. The largest absolute Gasteiger partial charge is 0.460 e. The van der Waals surface area contributed by atoms with Crippen molar-refractivity contribution in [2.45, 2.75) is 47.8 Å². The number of nitrogens with one attached hydrogen (secondary N) is 2. The van der Waals surface area contributed by atoms with Gasteiger partial charge in [-0.05, 0) is 56.2 Å². The topological polar surface area (TPSA) is 67.4 Å². The molecular weight excluding hydrogens is 352 g/mol.